The Morgan fingerprint density at radius 1 is 1.08 bits per heavy atom. The number of nitrogens with zero attached hydrogens (tertiary/aromatic N) is 2. The van der Waals surface area contributed by atoms with Gasteiger partial charge in [-0.05, 0) is 41.8 Å². The summed E-state index contributed by atoms with van der Waals surface area (Å²) >= 11 is 0. The fourth-order valence-corrected chi connectivity index (χ4v) is 5.73. The highest BCUT2D eigenvalue weighted by molar-refractivity contribution is 6.02. The number of benzene rings is 2. The molecule has 2 aliphatic heterocycles. The zero-order chi connectivity index (χ0) is 24.8. The maximum Gasteiger partial charge on any atom is 0.255 e. The van der Waals surface area contributed by atoms with Crippen LogP contribution < -0.4 is 19.8 Å². The van der Waals surface area contributed by atoms with E-state index in [1.807, 2.05) is 36.4 Å². The molecule has 0 bridgehead atoms. The van der Waals surface area contributed by atoms with Crippen LogP contribution in [0.3, 0.4) is 0 Å². The molecule has 1 aliphatic carbocycles. The molecule has 4 heterocycles. The van der Waals surface area contributed by atoms with Crippen LogP contribution in [0.1, 0.15) is 30.0 Å². The van der Waals surface area contributed by atoms with E-state index in [2.05, 4.69) is 0 Å². The van der Waals surface area contributed by atoms with Crippen molar-refractivity contribution in [2.24, 2.45) is 0 Å². The molecule has 3 aliphatic rings. The standard InChI is InChI=1S/C28H22N2O6/c1-3-28(33)19-10-21-26-18(12-30(21)27(32)16(19)9-24(28)31)25(14-4-6-15(34-2)7-5-14)17-8-22-23(36-13-35-22)11-20(17)29-26/h4-8,10-11,33H,3,9,12-13H2,1-2H3. The SMILES string of the molecule is CCC1(O)C(=O)Cc2c1cc1n(c2=O)Cc2c-1nc1cc3c(cc1c2-c1ccc(OC)cc1)OCO3. The summed E-state index contributed by atoms with van der Waals surface area (Å²) in [5, 5.41) is 12.0. The summed E-state index contributed by atoms with van der Waals surface area (Å²) in [7, 11) is 1.62. The molecule has 0 spiro atoms. The third-order valence-electron chi connectivity index (χ3n) is 7.67. The van der Waals surface area contributed by atoms with Crippen LogP contribution in [0.25, 0.3) is 33.4 Å². The number of carbonyl (C=O) groups is 1. The average Bonchev–Trinajstić information content (AvgIpc) is 3.57. The number of hydrogen-bond donors (Lipinski definition) is 1. The maximum absolute atomic E-state index is 13.6. The fraction of sp³-hybridized carbons (Fsp3) is 0.250. The molecule has 2 aromatic carbocycles. The van der Waals surface area contributed by atoms with E-state index in [0.717, 1.165) is 27.8 Å². The number of pyridine rings is 2. The smallest absolute Gasteiger partial charge is 0.255 e. The molecule has 7 rings (SSSR count). The molecule has 180 valence electrons. The van der Waals surface area contributed by atoms with Gasteiger partial charge < -0.3 is 23.9 Å². The van der Waals surface area contributed by atoms with Crippen molar-refractivity contribution < 1.29 is 24.1 Å². The zero-order valence-electron chi connectivity index (χ0n) is 19.8. The van der Waals surface area contributed by atoms with Crippen LogP contribution >= 0.6 is 0 Å². The van der Waals surface area contributed by atoms with E-state index in [4.69, 9.17) is 19.2 Å². The second-order valence-corrected chi connectivity index (χ2v) is 9.39. The van der Waals surface area contributed by atoms with Crippen LogP contribution in [0.2, 0.25) is 0 Å². The molecule has 0 saturated carbocycles. The van der Waals surface area contributed by atoms with Crippen molar-refractivity contribution in [3.8, 4) is 39.8 Å². The molecule has 1 atom stereocenters. The highest BCUT2D eigenvalue weighted by Crippen LogP contribution is 2.46. The first-order chi connectivity index (χ1) is 17.4. The molecule has 0 radical (unpaired) electrons. The number of aromatic nitrogens is 2. The maximum atomic E-state index is 13.6. The number of carbonyl (C=O) groups excluding carboxylic acids is 1. The lowest BCUT2D eigenvalue weighted by atomic mass is 9.91. The fourth-order valence-electron chi connectivity index (χ4n) is 5.73. The Morgan fingerprint density at radius 3 is 2.56 bits per heavy atom. The monoisotopic (exact) mass is 482 g/mol. The number of fused-ring (bicyclic) bond motifs is 6. The van der Waals surface area contributed by atoms with Crippen LogP contribution in [-0.2, 0) is 23.4 Å². The Morgan fingerprint density at radius 2 is 1.83 bits per heavy atom. The van der Waals surface area contributed by atoms with Gasteiger partial charge in [0, 0.05) is 34.6 Å². The normalized spacial score (nSPS) is 18.9. The Hall–Kier alpha value is -4.17. The Bertz CT molecular complexity index is 1690. The Kier molecular flexibility index (Phi) is 4.21. The molecule has 1 N–H and O–H groups in total. The lowest BCUT2D eigenvalue weighted by Gasteiger charge is -2.20. The topological polar surface area (TPSA) is 99.9 Å². The molecule has 2 aromatic heterocycles. The molecular formula is C28H22N2O6. The van der Waals surface area contributed by atoms with Crippen molar-refractivity contribution in [1.82, 2.24) is 9.55 Å². The molecule has 0 fully saturated rings. The summed E-state index contributed by atoms with van der Waals surface area (Å²) in [5.74, 6) is 1.67. The first kappa shape index (κ1) is 21.1. The van der Waals surface area contributed by atoms with Gasteiger partial charge in [0.25, 0.3) is 5.56 Å². The Labute approximate surface area is 205 Å². The number of hydrogen-bond acceptors (Lipinski definition) is 7. The third kappa shape index (κ3) is 2.64. The number of ketones is 1. The first-order valence-electron chi connectivity index (χ1n) is 11.9. The minimum absolute atomic E-state index is 0.0583. The summed E-state index contributed by atoms with van der Waals surface area (Å²) in [6.07, 6.45) is 0.150. The Balaban J connectivity index is 1.54. The highest BCUT2D eigenvalue weighted by atomic mass is 16.7. The van der Waals surface area contributed by atoms with Crippen molar-refractivity contribution in [2.45, 2.75) is 31.9 Å². The number of ether oxygens (including phenoxy) is 3. The number of rotatable bonds is 3. The molecule has 36 heavy (non-hydrogen) atoms. The van der Waals surface area contributed by atoms with Crippen LogP contribution in [0, 0.1) is 0 Å². The van der Waals surface area contributed by atoms with Crippen molar-refractivity contribution in [3.63, 3.8) is 0 Å². The lowest BCUT2D eigenvalue weighted by molar-refractivity contribution is -0.136. The van der Waals surface area contributed by atoms with E-state index < -0.39 is 5.60 Å². The quantitative estimate of drug-likeness (QED) is 0.420. The van der Waals surface area contributed by atoms with Gasteiger partial charge in [0.1, 0.15) is 11.4 Å². The van der Waals surface area contributed by atoms with E-state index in [-0.39, 0.29) is 31.0 Å². The van der Waals surface area contributed by atoms with E-state index in [1.54, 1.807) is 24.7 Å². The number of methoxy groups -OCH3 is 1. The predicted molar refractivity (Wildman–Crippen MR) is 132 cm³/mol. The van der Waals surface area contributed by atoms with E-state index in [0.29, 0.717) is 46.1 Å². The number of Topliss-reactive ketones (excluding diaryl/α,β-unsaturated/α-hetero) is 1. The summed E-state index contributed by atoms with van der Waals surface area (Å²) in [6, 6.07) is 13.3. The highest BCUT2D eigenvalue weighted by Gasteiger charge is 2.46. The van der Waals surface area contributed by atoms with Gasteiger partial charge in [0.15, 0.2) is 17.3 Å². The molecule has 8 nitrogen and oxygen atoms in total. The largest absolute Gasteiger partial charge is 0.497 e. The summed E-state index contributed by atoms with van der Waals surface area (Å²) in [6.45, 7) is 2.22. The summed E-state index contributed by atoms with van der Waals surface area (Å²) in [4.78, 5) is 31.2. The van der Waals surface area contributed by atoms with Gasteiger partial charge in [-0.15, -0.1) is 0 Å². The van der Waals surface area contributed by atoms with Crippen molar-refractivity contribution in [1.29, 1.82) is 0 Å². The predicted octanol–water partition coefficient (Wildman–Crippen LogP) is 3.55. The van der Waals surface area contributed by atoms with E-state index >= 15 is 0 Å². The van der Waals surface area contributed by atoms with Crippen LogP contribution in [-0.4, -0.2) is 34.3 Å². The zero-order valence-corrected chi connectivity index (χ0v) is 19.8. The lowest BCUT2D eigenvalue weighted by Crippen LogP contribution is -2.31. The minimum Gasteiger partial charge on any atom is -0.497 e. The van der Waals surface area contributed by atoms with Gasteiger partial charge in [0.2, 0.25) is 6.79 Å². The van der Waals surface area contributed by atoms with Crippen LogP contribution in [0.15, 0.2) is 47.3 Å². The van der Waals surface area contributed by atoms with Gasteiger partial charge in [-0.1, -0.05) is 19.1 Å². The van der Waals surface area contributed by atoms with Crippen molar-refractivity contribution >= 4 is 16.7 Å². The molecule has 0 amide bonds. The van der Waals surface area contributed by atoms with Crippen molar-refractivity contribution in [2.75, 3.05) is 13.9 Å². The van der Waals surface area contributed by atoms with E-state index in [1.165, 1.54) is 0 Å². The number of aliphatic hydroxyl groups is 1. The average molecular weight is 482 g/mol. The van der Waals surface area contributed by atoms with Gasteiger partial charge in [-0.3, -0.25) is 9.59 Å². The molecule has 8 heteroatoms. The first-order valence-corrected chi connectivity index (χ1v) is 11.9. The van der Waals surface area contributed by atoms with Crippen LogP contribution in [0.5, 0.6) is 17.2 Å². The molecule has 4 aromatic rings. The van der Waals surface area contributed by atoms with Crippen molar-refractivity contribution in [3.05, 3.63) is 69.5 Å². The molecule has 1 unspecified atom stereocenters. The summed E-state index contributed by atoms with van der Waals surface area (Å²) in [5.41, 5.74) is 3.63. The minimum atomic E-state index is -1.64. The van der Waals surface area contributed by atoms with Gasteiger partial charge in [0.05, 0.1) is 30.6 Å². The van der Waals surface area contributed by atoms with Crippen LogP contribution in [0.4, 0.5) is 0 Å². The summed E-state index contributed by atoms with van der Waals surface area (Å²) < 4.78 is 18.3. The van der Waals surface area contributed by atoms with Gasteiger partial charge in [-0.2, -0.15) is 0 Å². The van der Waals surface area contributed by atoms with Gasteiger partial charge >= 0.3 is 0 Å². The molecular weight excluding hydrogens is 460 g/mol. The van der Waals surface area contributed by atoms with Gasteiger partial charge in [-0.25, -0.2) is 4.98 Å². The third-order valence-corrected chi connectivity index (χ3v) is 7.67. The second-order valence-electron chi connectivity index (χ2n) is 9.39. The van der Waals surface area contributed by atoms with E-state index in [9.17, 15) is 14.7 Å². The second kappa shape index (κ2) is 7.18. The molecule has 0 saturated heterocycles.